The molecule has 2 rings (SSSR count). The Balaban J connectivity index is 2.00. The Kier molecular flexibility index (Phi) is 5.15. The lowest BCUT2D eigenvalue weighted by Gasteiger charge is -2.08. The van der Waals surface area contributed by atoms with E-state index in [-0.39, 0.29) is 29.0 Å². The summed E-state index contributed by atoms with van der Waals surface area (Å²) in [5.41, 5.74) is 0.609. The number of hydrogen-bond donors (Lipinski definition) is 1. The Bertz CT molecular complexity index is 777. The molecule has 1 aromatic heterocycles. The Morgan fingerprint density at radius 1 is 1.41 bits per heavy atom. The lowest BCUT2D eigenvalue weighted by Crippen LogP contribution is -2.33. The van der Waals surface area contributed by atoms with Gasteiger partial charge in [0.2, 0.25) is 5.91 Å². The molecule has 1 heterocycles. The van der Waals surface area contributed by atoms with E-state index in [4.69, 9.17) is 23.2 Å². The van der Waals surface area contributed by atoms with Crippen LogP contribution in [-0.4, -0.2) is 15.7 Å². The molecule has 5 nitrogen and oxygen atoms in total. The maximum Gasteiger partial charge on any atom is 0.287 e. The molecule has 8 heteroatoms. The van der Waals surface area contributed by atoms with Gasteiger partial charge < -0.3 is 5.32 Å². The van der Waals surface area contributed by atoms with Crippen molar-refractivity contribution in [2.24, 2.45) is 0 Å². The molecule has 0 unspecified atom stereocenters. The SMILES string of the molecule is Cc1cc(CNC(=O)Cn2ncc(Cl)c(Cl)c2=O)ccc1F. The van der Waals surface area contributed by atoms with E-state index in [2.05, 4.69) is 10.4 Å². The first-order valence-electron chi connectivity index (χ1n) is 6.31. The van der Waals surface area contributed by atoms with E-state index in [1.165, 1.54) is 12.3 Å². The monoisotopic (exact) mass is 343 g/mol. The molecular weight excluding hydrogens is 332 g/mol. The highest BCUT2D eigenvalue weighted by Gasteiger charge is 2.10. The highest BCUT2D eigenvalue weighted by atomic mass is 35.5. The summed E-state index contributed by atoms with van der Waals surface area (Å²) in [6.45, 7) is 1.58. The molecule has 0 fully saturated rings. The summed E-state index contributed by atoms with van der Waals surface area (Å²) in [6, 6.07) is 4.55. The van der Waals surface area contributed by atoms with Crippen LogP contribution in [0.2, 0.25) is 10.0 Å². The number of amides is 1. The zero-order valence-electron chi connectivity index (χ0n) is 11.6. The van der Waals surface area contributed by atoms with Gasteiger partial charge >= 0.3 is 0 Å². The molecule has 0 bridgehead atoms. The van der Waals surface area contributed by atoms with E-state index in [1.54, 1.807) is 19.1 Å². The number of nitrogens with zero attached hydrogens (tertiary/aromatic N) is 2. The number of halogens is 3. The average molecular weight is 344 g/mol. The molecule has 0 radical (unpaired) electrons. The summed E-state index contributed by atoms with van der Waals surface area (Å²) < 4.78 is 14.1. The van der Waals surface area contributed by atoms with Gasteiger partial charge in [-0.05, 0) is 24.1 Å². The van der Waals surface area contributed by atoms with Crippen LogP contribution in [0, 0.1) is 12.7 Å². The van der Waals surface area contributed by atoms with Crippen molar-refractivity contribution in [2.75, 3.05) is 0 Å². The van der Waals surface area contributed by atoms with Crippen LogP contribution in [0.1, 0.15) is 11.1 Å². The van der Waals surface area contributed by atoms with Crippen molar-refractivity contribution < 1.29 is 9.18 Å². The number of aryl methyl sites for hydroxylation is 1. The van der Waals surface area contributed by atoms with Gasteiger partial charge in [-0.2, -0.15) is 5.10 Å². The van der Waals surface area contributed by atoms with Crippen molar-refractivity contribution in [2.45, 2.75) is 20.0 Å². The van der Waals surface area contributed by atoms with Gasteiger partial charge in [0, 0.05) is 6.54 Å². The Hall–Kier alpha value is -1.92. The normalized spacial score (nSPS) is 10.5. The fourth-order valence-electron chi connectivity index (χ4n) is 1.77. The summed E-state index contributed by atoms with van der Waals surface area (Å²) in [4.78, 5) is 23.6. The average Bonchev–Trinajstić information content (AvgIpc) is 2.49. The number of aromatic nitrogens is 2. The number of hydrogen-bond acceptors (Lipinski definition) is 3. The predicted octanol–water partition coefficient (Wildman–Crippen LogP) is 2.31. The van der Waals surface area contributed by atoms with Gasteiger partial charge in [0.15, 0.2) is 0 Å². The van der Waals surface area contributed by atoms with Crippen molar-refractivity contribution in [3.8, 4) is 0 Å². The molecule has 116 valence electrons. The summed E-state index contributed by atoms with van der Waals surface area (Å²) in [7, 11) is 0. The van der Waals surface area contributed by atoms with Crippen molar-refractivity contribution in [1.29, 1.82) is 0 Å². The molecule has 0 atom stereocenters. The molecule has 0 aliphatic rings. The molecule has 2 aromatic rings. The van der Waals surface area contributed by atoms with Gasteiger partial charge in [-0.25, -0.2) is 9.07 Å². The highest BCUT2D eigenvalue weighted by molar-refractivity contribution is 6.41. The van der Waals surface area contributed by atoms with Crippen LogP contribution < -0.4 is 10.9 Å². The molecule has 0 aliphatic carbocycles. The minimum Gasteiger partial charge on any atom is -0.350 e. The largest absolute Gasteiger partial charge is 0.350 e. The highest BCUT2D eigenvalue weighted by Crippen LogP contribution is 2.14. The second-order valence-corrected chi connectivity index (χ2v) is 5.41. The van der Waals surface area contributed by atoms with Crippen molar-refractivity contribution >= 4 is 29.1 Å². The van der Waals surface area contributed by atoms with Crippen molar-refractivity contribution in [3.63, 3.8) is 0 Å². The summed E-state index contributed by atoms with van der Waals surface area (Å²) in [5, 5.41) is 6.21. The summed E-state index contributed by atoms with van der Waals surface area (Å²) in [6.07, 6.45) is 1.20. The first-order valence-corrected chi connectivity index (χ1v) is 7.07. The van der Waals surface area contributed by atoms with E-state index < -0.39 is 11.5 Å². The quantitative estimate of drug-likeness (QED) is 0.926. The van der Waals surface area contributed by atoms with Gasteiger partial charge in [0.1, 0.15) is 17.4 Å². The van der Waals surface area contributed by atoms with Crippen LogP contribution in [-0.2, 0) is 17.9 Å². The maximum atomic E-state index is 13.1. The van der Waals surface area contributed by atoms with Crippen LogP contribution in [0.15, 0.2) is 29.2 Å². The molecule has 0 spiro atoms. The van der Waals surface area contributed by atoms with Crippen molar-refractivity contribution in [1.82, 2.24) is 15.1 Å². The topological polar surface area (TPSA) is 64.0 Å². The number of nitrogens with one attached hydrogen (secondary N) is 1. The predicted molar refractivity (Wildman–Crippen MR) is 81.5 cm³/mol. The summed E-state index contributed by atoms with van der Waals surface area (Å²) >= 11 is 11.4. The fourth-order valence-corrected chi connectivity index (χ4v) is 2.04. The van der Waals surface area contributed by atoms with Crippen LogP contribution in [0.25, 0.3) is 0 Å². The minimum atomic E-state index is -0.637. The molecule has 0 saturated heterocycles. The zero-order valence-corrected chi connectivity index (χ0v) is 13.1. The minimum absolute atomic E-state index is 0.0325. The number of carbonyl (C=O) groups is 1. The maximum absolute atomic E-state index is 13.1. The van der Waals surface area contributed by atoms with Crippen LogP contribution in [0.4, 0.5) is 4.39 Å². The smallest absolute Gasteiger partial charge is 0.287 e. The molecule has 1 amide bonds. The summed E-state index contributed by atoms with van der Waals surface area (Å²) in [5.74, 6) is -0.725. The molecule has 1 aromatic carbocycles. The van der Waals surface area contributed by atoms with E-state index in [0.717, 1.165) is 10.2 Å². The second kappa shape index (κ2) is 6.89. The Morgan fingerprint density at radius 2 is 2.14 bits per heavy atom. The number of rotatable bonds is 4. The van der Waals surface area contributed by atoms with Crippen LogP contribution >= 0.6 is 23.2 Å². The Labute approximate surface area is 135 Å². The van der Waals surface area contributed by atoms with Crippen LogP contribution in [0.3, 0.4) is 0 Å². The van der Waals surface area contributed by atoms with E-state index >= 15 is 0 Å². The van der Waals surface area contributed by atoms with E-state index in [1.807, 2.05) is 0 Å². The first-order chi connectivity index (χ1) is 10.4. The third-order valence-electron chi connectivity index (χ3n) is 2.95. The van der Waals surface area contributed by atoms with Crippen LogP contribution in [0.5, 0.6) is 0 Å². The van der Waals surface area contributed by atoms with E-state index in [0.29, 0.717) is 5.56 Å². The molecule has 0 aliphatic heterocycles. The van der Waals surface area contributed by atoms with Gasteiger partial charge in [0.25, 0.3) is 5.56 Å². The number of benzene rings is 1. The van der Waals surface area contributed by atoms with Gasteiger partial charge in [-0.15, -0.1) is 0 Å². The third kappa shape index (κ3) is 3.84. The lowest BCUT2D eigenvalue weighted by molar-refractivity contribution is -0.122. The molecule has 0 saturated carbocycles. The van der Waals surface area contributed by atoms with Crippen molar-refractivity contribution in [3.05, 3.63) is 61.7 Å². The Morgan fingerprint density at radius 3 is 2.82 bits per heavy atom. The number of carbonyl (C=O) groups excluding carboxylic acids is 1. The molecule has 22 heavy (non-hydrogen) atoms. The lowest BCUT2D eigenvalue weighted by atomic mass is 10.1. The first kappa shape index (κ1) is 16.5. The third-order valence-corrected chi connectivity index (χ3v) is 3.70. The van der Waals surface area contributed by atoms with Gasteiger partial charge in [-0.3, -0.25) is 9.59 Å². The standard InChI is InChI=1S/C14H12Cl2FN3O2/c1-8-4-9(2-3-11(8)17)5-18-12(21)7-20-14(22)13(16)10(15)6-19-20/h2-4,6H,5,7H2,1H3,(H,18,21). The van der Waals surface area contributed by atoms with E-state index in [9.17, 15) is 14.0 Å². The van der Waals surface area contributed by atoms with Gasteiger partial charge in [-0.1, -0.05) is 35.3 Å². The fraction of sp³-hybridized carbons (Fsp3) is 0.214. The second-order valence-electron chi connectivity index (χ2n) is 4.63. The zero-order chi connectivity index (χ0) is 16.3. The molecule has 1 N–H and O–H groups in total. The van der Waals surface area contributed by atoms with Gasteiger partial charge in [0.05, 0.1) is 11.2 Å². The molecular formula is C14H12Cl2FN3O2.